The Balaban J connectivity index is 1.20. The van der Waals surface area contributed by atoms with Crippen LogP contribution in [0.2, 0.25) is 0 Å². The SMILES string of the molecule is CC(C)(C(=O)NC(CCN1CCC(OCCc2ccc3c(n2)NCCC3)C1)C(=O)O)c1ccccc1. The topological polar surface area (TPSA) is 104 Å². The zero-order valence-corrected chi connectivity index (χ0v) is 21.3. The van der Waals surface area contributed by atoms with Gasteiger partial charge in [0.2, 0.25) is 5.91 Å². The highest BCUT2D eigenvalue weighted by Crippen LogP contribution is 2.24. The van der Waals surface area contributed by atoms with Crippen LogP contribution in [0.25, 0.3) is 0 Å². The molecule has 0 saturated carbocycles. The summed E-state index contributed by atoms with van der Waals surface area (Å²) < 4.78 is 6.11. The molecule has 0 bridgehead atoms. The smallest absolute Gasteiger partial charge is 0.326 e. The number of aliphatic carboxylic acids is 1. The van der Waals surface area contributed by atoms with Crippen molar-refractivity contribution in [3.63, 3.8) is 0 Å². The number of carbonyl (C=O) groups is 2. The summed E-state index contributed by atoms with van der Waals surface area (Å²) in [7, 11) is 0. The number of nitrogens with one attached hydrogen (secondary N) is 2. The first-order valence-electron chi connectivity index (χ1n) is 13.0. The molecule has 2 unspecified atom stereocenters. The molecule has 0 spiro atoms. The molecule has 4 rings (SSSR count). The molecule has 1 aromatic heterocycles. The van der Waals surface area contributed by atoms with Crippen molar-refractivity contribution in [1.29, 1.82) is 0 Å². The standard InChI is InChI=1S/C28H38N4O4/c1-28(2,21-8-4-3-5-9-21)27(35)31-24(26(33)34)13-17-32-16-12-23(19-32)36-18-14-22-11-10-20-7-6-15-29-25(20)30-22/h3-5,8-11,23-24H,6-7,12-19H2,1-2H3,(H,29,30)(H,31,35)(H,33,34). The Labute approximate surface area is 213 Å². The van der Waals surface area contributed by atoms with Gasteiger partial charge in [0.25, 0.3) is 0 Å². The predicted molar refractivity (Wildman–Crippen MR) is 139 cm³/mol. The quantitative estimate of drug-likeness (QED) is 0.441. The third-order valence-corrected chi connectivity index (χ3v) is 7.29. The second-order valence-electron chi connectivity index (χ2n) is 10.3. The van der Waals surface area contributed by atoms with Gasteiger partial charge in [0, 0.05) is 38.3 Å². The lowest BCUT2D eigenvalue weighted by molar-refractivity contribution is -0.142. The number of amides is 1. The van der Waals surface area contributed by atoms with E-state index in [1.165, 1.54) is 5.56 Å². The van der Waals surface area contributed by atoms with Crippen molar-refractivity contribution in [3.8, 4) is 0 Å². The largest absolute Gasteiger partial charge is 0.480 e. The zero-order valence-electron chi connectivity index (χ0n) is 21.3. The van der Waals surface area contributed by atoms with Crippen LogP contribution in [-0.2, 0) is 32.6 Å². The Kier molecular flexibility index (Phi) is 8.59. The van der Waals surface area contributed by atoms with Crippen molar-refractivity contribution in [1.82, 2.24) is 15.2 Å². The van der Waals surface area contributed by atoms with Crippen LogP contribution in [0, 0.1) is 0 Å². The number of carbonyl (C=O) groups excluding carboxylic acids is 1. The number of aromatic nitrogens is 1. The highest BCUT2D eigenvalue weighted by atomic mass is 16.5. The summed E-state index contributed by atoms with van der Waals surface area (Å²) in [6.45, 7) is 7.46. The second-order valence-corrected chi connectivity index (χ2v) is 10.3. The van der Waals surface area contributed by atoms with Gasteiger partial charge in [-0.25, -0.2) is 9.78 Å². The minimum Gasteiger partial charge on any atom is -0.480 e. The monoisotopic (exact) mass is 494 g/mol. The number of anilines is 1. The molecule has 1 amide bonds. The van der Waals surface area contributed by atoms with E-state index in [-0.39, 0.29) is 12.0 Å². The van der Waals surface area contributed by atoms with E-state index in [9.17, 15) is 14.7 Å². The van der Waals surface area contributed by atoms with E-state index in [2.05, 4.69) is 27.7 Å². The van der Waals surface area contributed by atoms with Crippen LogP contribution in [-0.4, -0.2) is 71.8 Å². The van der Waals surface area contributed by atoms with Crippen molar-refractivity contribution >= 4 is 17.7 Å². The number of carboxylic acids is 1. The number of ether oxygens (including phenoxy) is 1. The summed E-state index contributed by atoms with van der Waals surface area (Å²) >= 11 is 0. The van der Waals surface area contributed by atoms with Gasteiger partial charge in [-0.15, -0.1) is 0 Å². The van der Waals surface area contributed by atoms with Gasteiger partial charge in [0.15, 0.2) is 0 Å². The highest BCUT2D eigenvalue weighted by molar-refractivity contribution is 5.90. The minimum absolute atomic E-state index is 0.135. The van der Waals surface area contributed by atoms with Gasteiger partial charge >= 0.3 is 5.97 Å². The molecular weight excluding hydrogens is 456 g/mol. The van der Waals surface area contributed by atoms with Crippen LogP contribution in [0.1, 0.15) is 49.9 Å². The maximum atomic E-state index is 12.9. The third-order valence-electron chi connectivity index (χ3n) is 7.29. The molecule has 0 radical (unpaired) electrons. The van der Waals surface area contributed by atoms with Crippen LogP contribution < -0.4 is 10.6 Å². The molecule has 2 aromatic rings. The van der Waals surface area contributed by atoms with Crippen LogP contribution >= 0.6 is 0 Å². The average molecular weight is 495 g/mol. The van der Waals surface area contributed by atoms with E-state index in [0.29, 0.717) is 19.6 Å². The van der Waals surface area contributed by atoms with Crippen molar-refractivity contribution in [2.45, 2.75) is 63.5 Å². The van der Waals surface area contributed by atoms with E-state index in [1.54, 1.807) is 0 Å². The van der Waals surface area contributed by atoms with E-state index in [1.807, 2.05) is 44.2 Å². The molecule has 1 aromatic carbocycles. The van der Waals surface area contributed by atoms with Crippen LogP contribution in [0.5, 0.6) is 0 Å². The number of nitrogens with zero attached hydrogens (tertiary/aromatic N) is 2. The molecule has 194 valence electrons. The number of fused-ring (bicyclic) bond motifs is 1. The molecule has 3 heterocycles. The maximum Gasteiger partial charge on any atom is 0.326 e. The van der Waals surface area contributed by atoms with Crippen molar-refractivity contribution in [3.05, 3.63) is 59.3 Å². The number of aryl methyl sites for hydroxylation is 1. The number of hydrogen-bond donors (Lipinski definition) is 3. The first-order valence-corrected chi connectivity index (χ1v) is 13.0. The fraction of sp³-hybridized carbons (Fsp3) is 0.536. The summed E-state index contributed by atoms with van der Waals surface area (Å²) in [6, 6.07) is 12.8. The van der Waals surface area contributed by atoms with Crippen LogP contribution in [0.4, 0.5) is 5.82 Å². The molecule has 2 aliphatic heterocycles. The second kappa shape index (κ2) is 11.8. The normalized spacial score (nSPS) is 18.8. The lowest BCUT2D eigenvalue weighted by atomic mass is 9.83. The van der Waals surface area contributed by atoms with Crippen molar-refractivity contribution in [2.24, 2.45) is 0 Å². The van der Waals surface area contributed by atoms with E-state index in [0.717, 1.165) is 62.4 Å². The van der Waals surface area contributed by atoms with Crippen molar-refractivity contribution in [2.75, 3.05) is 38.1 Å². The number of likely N-dealkylation sites (tertiary alicyclic amines) is 1. The van der Waals surface area contributed by atoms with Gasteiger partial charge in [-0.3, -0.25) is 4.79 Å². The van der Waals surface area contributed by atoms with Gasteiger partial charge in [-0.1, -0.05) is 36.4 Å². The van der Waals surface area contributed by atoms with E-state index in [4.69, 9.17) is 9.72 Å². The average Bonchev–Trinajstić information content (AvgIpc) is 3.34. The number of carboxylic acid groups (broad SMARTS) is 1. The van der Waals surface area contributed by atoms with Gasteiger partial charge in [0.05, 0.1) is 18.1 Å². The fourth-order valence-electron chi connectivity index (χ4n) is 4.87. The maximum absolute atomic E-state index is 12.9. The Morgan fingerprint density at radius 1 is 1.25 bits per heavy atom. The fourth-order valence-corrected chi connectivity index (χ4v) is 4.87. The summed E-state index contributed by atoms with van der Waals surface area (Å²) in [6.07, 6.45) is 4.42. The Morgan fingerprint density at radius 3 is 2.83 bits per heavy atom. The number of benzene rings is 1. The molecule has 8 heteroatoms. The molecule has 36 heavy (non-hydrogen) atoms. The van der Waals surface area contributed by atoms with Crippen LogP contribution in [0.15, 0.2) is 42.5 Å². The van der Waals surface area contributed by atoms with Gasteiger partial charge < -0.3 is 25.4 Å². The first-order chi connectivity index (χ1) is 17.3. The lowest BCUT2D eigenvalue weighted by Gasteiger charge is -2.27. The zero-order chi connectivity index (χ0) is 25.5. The van der Waals surface area contributed by atoms with Crippen molar-refractivity contribution < 1.29 is 19.4 Å². The third kappa shape index (κ3) is 6.62. The number of rotatable bonds is 11. The Morgan fingerprint density at radius 2 is 2.06 bits per heavy atom. The first kappa shape index (κ1) is 26.1. The molecule has 2 atom stereocenters. The number of hydrogen-bond acceptors (Lipinski definition) is 6. The van der Waals surface area contributed by atoms with E-state index >= 15 is 0 Å². The number of pyridine rings is 1. The Hall–Kier alpha value is -2.97. The predicted octanol–water partition coefficient (Wildman–Crippen LogP) is 3.01. The molecule has 1 fully saturated rings. The summed E-state index contributed by atoms with van der Waals surface area (Å²) in [5.41, 5.74) is 2.37. The van der Waals surface area contributed by atoms with Crippen LogP contribution in [0.3, 0.4) is 0 Å². The molecule has 0 aliphatic carbocycles. The van der Waals surface area contributed by atoms with Gasteiger partial charge in [-0.05, 0) is 56.7 Å². The summed E-state index contributed by atoms with van der Waals surface area (Å²) in [5.74, 6) is -0.279. The lowest BCUT2D eigenvalue weighted by Crippen LogP contribution is -2.49. The molecular formula is C28H38N4O4. The molecule has 2 aliphatic rings. The van der Waals surface area contributed by atoms with E-state index < -0.39 is 17.4 Å². The highest BCUT2D eigenvalue weighted by Gasteiger charge is 2.33. The molecule has 1 saturated heterocycles. The summed E-state index contributed by atoms with van der Waals surface area (Å²) in [4.78, 5) is 31.7. The van der Waals surface area contributed by atoms with Gasteiger partial charge in [0.1, 0.15) is 11.9 Å². The Bertz CT molecular complexity index is 1040. The van der Waals surface area contributed by atoms with Gasteiger partial charge in [-0.2, -0.15) is 0 Å². The summed E-state index contributed by atoms with van der Waals surface area (Å²) in [5, 5.41) is 15.8. The molecule has 3 N–H and O–H groups in total. The minimum atomic E-state index is -1.01. The molecule has 8 nitrogen and oxygen atoms in total.